The fraction of sp³-hybridized carbons (Fsp3) is 0.680. The molecule has 0 amide bonds. The van der Waals surface area contributed by atoms with Gasteiger partial charge in [0.1, 0.15) is 17.1 Å². The molecule has 4 fully saturated rings. The van der Waals surface area contributed by atoms with Gasteiger partial charge in [-0.25, -0.2) is 13.2 Å². The molecule has 1 aromatic carbocycles. The van der Waals surface area contributed by atoms with E-state index in [2.05, 4.69) is 11.7 Å². The van der Waals surface area contributed by atoms with Crippen LogP contribution >= 0.6 is 0 Å². The minimum absolute atomic E-state index is 0.0658. The van der Waals surface area contributed by atoms with Gasteiger partial charge < -0.3 is 4.74 Å². The Hall–Kier alpha value is -1.66. The Morgan fingerprint density at radius 2 is 1.31 bits per heavy atom. The van der Waals surface area contributed by atoms with Crippen molar-refractivity contribution in [2.45, 2.75) is 84.2 Å². The molecule has 6 aliphatic rings. The topological polar surface area (TPSA) is 9.23 Å². The van der Waals surface area contributed by atoms with Gasteiger partial charge in [-0.15, -0.1) is 0 Å². The lowest BCUT2D eigenvalue weighted by molar-refractivity contribution is -0.279. The molecule has 7 rings (SSSR count). The first kappa shape index (κ1) is 22.1. The first-order valence-electron chi connectivity index (χ1n) is 11.5. The van der Waals surface area contributed by atoms with Crippen molar-refractivity contribution in [1.82, 2.24) is 0 Å². The lowest BCUT2D eigenvalue weighted by atomic mass is 9.40. The van der Waals surface area contributed by atoms with Crippen molar-refractivity contribution in [3.8, 4) is 5.75 Å². The summed E-state index contributed by atoms with van der Waals surface area (Å²) < 4.78 is 94.7. The number of halogens is 6. The highest BCUT2D eigenvalue weighted by Crippen LogP contribution is 2.75. The van der Waals surface area contributed by atoms with Gasteiger partial charge in [-0.3, -0.25) is 0 Å². The highest BCUT2D eigenvalue weighted by Gasteiger charge is 2.72. The van der Waals surface area contributed by atoms with E-state index in [1.165, 1.54) is 6.92 Å². The number of benzene rings is 1. The standard InChI is InChI=1S/C25H28F6O/c1-15-3-4-16(18(27)17(15)26)32-25(30,31)24-13-11-23(12-14-24,19(28)20(24)29)22-8-5-21(2,6-9-22)7-10-22/h3-4H,5-14H2,1-2H3. The Morgan fingerprint density at radius 3 is 1.88 bits per heavy atom. The molecule has 0 aliphatic heterocycles. The summed E-state index contributed by atoms with van der Waals surface area (Å²) in [5.74, 6) is -6.37. The predicted octanol–water partition coefficient (Wildman–Crippen LogP) is 8.32. The average Bonchev–Trinajstić information content (AvgIpc) is 2.78. The first-order chi connectivity index (χ1) is 14.9. The highest BCUT2D eigenvalue weighted by molar-refractivity contribution is 5.35. The first-order valence-corrected chi connectivity index (χ1v) is 11.5. The summed E-state index contributed by atoms with van der Waals surface area (Å²) in [4.78, 5) is 0. The zero-order valence-electron chi connectivity index (χ0n) is 18.4. The van der Waals surface area contributed by atoms with Gasteiger partial charge in [-0.1, -0.05) is 13.0 Å². The summed E-state index contributed by atoms with van der Waals surface area (Å²) in [6.45, 7) is 3.52. The van der Waals surface area contributed by atoms with Crippen LogP contribution < -0.4 is 4.74 Å². The number of fused-ring (bicyclic) bond motifs is 5. The molecule has 176 valence electrons. The fourth-order valence-electron chi connectivity index (χ4n) is 7.18. The van der Waals surface area contributed by atoms with Gasteiger partial charge in [0.25, 0.3) is 0 Å². The molecule has 0 saturated heterocycles. The Bertz CT molecular complexity index is 964. The number of ether oxygens (including phenoxy) is 1. The van der Waals surface area contributed by atoms with Crippen LogP contribution in [0.1, 0.15) is 76.7 Å². The molecule has 0 aromatic heterocycles. The van der Waals surface area contributed by atoms with Crippen LogP contribution in [0.5, 0.6) is 5.75 Å². The van der Waals surface area contributed by atoms with Crippen molar-refractivity contribution in [2.24, 2.45) is 21.7 Å². The third-order valence-electron chi connectivity index (χ3n) is 9.66. The van der Waals surface area contributed by atoms with Gasteiger partial charge in [-0.2, -0.15) is 13.2 Å². The number of rotatable bonds is 4. The lowest BCUT2D eigenvalue weighted by Crippen LogP contribution is -2.60. The molecule has 1 aromatic rings. The summed E-state index contributed by atoms with van der Waals surface area (Å²) in [6, 6.07) is 2.01. The molecular weight excluding hydrogens is 430 g/mol. The third kappa shape index (κ3) is 2.65. The van der Waals surface area contributed by atoms with Crippen LogP contribution in [0.3, 0.4) is 0 Å². The van der Waals surface area contributed by atoms with Gasteiger partial charge >= 0.3 is 6.11 Å². The zero-order valence-corrected chi connectivity index (χ0v) is 18.4. The van der Waals surface area contributed by atoms with Crippen molar-refractivity contribution < 1.29 is 31.1 Å². The average molecular weight is 458 g/mol. The number of hydrogen-bond donors (Lipinski definition) is 0. The van der Waals surface area contributed by atoms with E-state index in [9.17, 15) is 8.78 Å². The van der Waals surface area contributed by atoms with Gasteiger partial charge in [0.15, 0.2) is 11.6 Å². The van der Waals surface area contributed by atoms with E-state index in [0.717, 1.165) is 50.7 Å². The number of alkyl halides is 2. The minimum atomic E-state index is -4.22. The second-order valence-corrected chi connectivity index (χ2v) is 11.0. The Balaban J connectivity index is 1.51. The van der Waals surface area contributed by atoms with E-state index in [4.69, 9.17) is 0 Å². The van der Waals surface area contributed by atoms with E-state index in [0.29, 0.717) is 0 Å². The Morgan fingerprint density at radius 1 is 0.750 bits per heavy atom. The molecule has 32 heavy (non-hydrogen) atoms. The summed E-state index contributed by atoms with van der Waals surface area (Å²) >= 11 is 0. The number of aryl methyl sites for hydroxylation is 1. The maximum absolute atomic E-state index is 15.7. The predicted molar refractivity (Wildman–Crippen MR) is 107 cm³/mol. The SMILES string of the molecule is Cc1ccc(OC(F)(F)C23CCC(C45CCC(C)(CC4)CC5)(CC2)C(F)=C3F)c(F)c1F. The molecule has 7 heteroatoms. The second kappa shape index (κ2) is 6.69. The molecule has 4 saturated carbocycles. The van der Waals surface area contributed by atoms with Crippen LogP contribution in [0, 0.1) is 40.2 Å². The van der Waals surface area contributed by atoms with Crippen molar-refractivity contribution in [3.63, 3.8) is 0 Å². The van der Waals surface area contributed by atoms with Crippen LogP contribution in [0.4, 0.5) is 26.3 Å². The van der Waals surface area contributed by atoms with E-state index < -0.39 is 46.0 Å². The van der Waals surface area contributed by atoms with Crippen molar-refractivity contribution >= 4 is 0 Å². The van der Waals surface area contributed by atoms with Gasteiger partial charge in [-0.05, 0) is 93.6 Å². The van der Waals surface area contributed by atoms with Crippen molar-refractivity contribution in [3.05, 3.63) is 41.0 Å². The summed E-state index contributed by atoms with van der Waals surface area (Å²) in [7, 11) is 0. The molecule has 0 spiro atoms. The molecule has 0 atom stereocenters. The largest absolute Gasteiger partial charge is 0.429 e. The minimum Gasteiger partial charge on any atom is -0.429 e. The van der Waals surface area contributed by atoms with Crippen LogP contribution in [0.15, 0.2) is 23.8 Å². The molecule has 6 aliphatic carbocycles. The molecule has 0 heterocycles. The highest BCUT2D eigenvalue weighted by atomic mass is 19.3. The quantitative estimate of drug-likeness (QED) is 0.412. The molecule has 0 unspecified atom stereocenters. The number of hydrogen-bond acceptors (Lipinski definition) is 1. The van der Waals surface area contributed by atoms with E-state index in [1.54, 1.807) is 0 Å². The second-order valence-electron chi connectivity index (χ2n) is 11.0. The normalized spacial score (nSPS) is 39.0. The smallest absolute Gasteiger partial charge is 0.410 e. The van der Waals surface area contributed by atoms with Crippen molar-refractivity contribution in [1.29, 1.82) is 0 Å². The van der Waals surface area contributed by atoms with Crippen molar-refractivity contribution in [2.75, 3.05) is 0 Å². The molecule has 4 bridgehead atoms. The zero-order chi connectivity index (χ0) is 23.2. The van der Waals surface area contributed by atoms with Gasteiger partial charge in [0.05, 0.1) is 0 Å². The maximum Gasteiger partial charge on any atom is 0.410 e. The Labute approximate surface area is 184 Å². The maximum atomic E-state index is 15.7. The van der Waals surface area contributed by atoms with Gasteiger partial charge in [0.2, 0.25) is 5.82 Å². The van der Waals surface area contributed by atoms with Crippen LogP contribution in [0.2, 0.25) is 0 Å². The van der Waals surface area contributed by atoms with Crippen LogP contribution in [-0.4, -0.2) is 6.11 Å². The monoisotopic (exact) mass is 458 g/mol. The molecular formula is C25H28F6O. The molecule has 1 nitrogen and oxygen atoms in total. The molecule has 0 radical (unpaired) electrons. The Kier molecular flexibility index (Phi) is 4.63. The fourth-order valence-corrected chi connectivity index (χ4v) is 7.18. The van der Waals surface area contributed by atoms with E-state index in [1.807, 2.05) is 0 Å². The summed E-state index contributed by atoms with van der Waals surface area (Å²) in [5, 5.41) is 0. The van der Waals surface area contributed by atoms with E-state index >= 15 is 17.6 Å². The molecule has 0 N–H and O–H groups in total. The van der Waals surface area contributed by atoms with Crippen LogP contribution in [0.25, 0.3) is 0 Å². The summed E-state index contributed by atoms with van der Waals surface area (Å²) in [5.41, 5.74) is -3.75. The van der Waals surface area contributed by atoms with Gasteiger partial charge in [0, 0.05) is 5.41 Å². The third-order valence-corrected chi connectivity index (χ3v) is 9.66. The van der Waals surface area contributed by atoms with Crippen LogP contribution in [-0.2, 0) is 0 Å². The number of allylic oxidation sites excluding steroid dienone is 1. The lowest BCUT2D eigenvalue weighted by Gasteiger charge is -2.64. The summed E-state index contributed by atoms with van der Waals surface area (Å²) in [6.07, 6.45) is 0.666. The van der Waals surface area contributed by atoms with E-state index in [-0.39, 0.29) is 42.1 Å².